The van der Waals surface area contributed by atoms with E-state index < -0.39 is 0 Å². The minimum Gasteiger partial charge on any atom is -0.437 e. The average Bonchev–Trinajstić information content (AvgIpc) is 2.34. The van der Waals surface area contributed by atoms with Crippen LogP contribution >= 0.6 is 0 Å². The SMILES string of the molecule is Cc1ccc(Oc2ncc(C#N)cc2N)c(C)c1. The molecule has 1 aromatic carbocycles. The predicted molar refractivity (Wildman–Crippen MR) is 69.4 cm³/mol. The van der Waals surface area contributed by atoms with Crippen molar-refractivity contribution in [3.8, 4) is 17.7 Å². The summed E-state index contributed by atoms with van der Waals surface area (Å²) in [4.78, 5) is 4.04. The van der Waals surface area contributed by atoms with Gasteiger partial charge in [-0.25, -0.2) is 4.98 Å². The van der Waals surface area contributed by atoms with Gasteiger partial charge in [-0.15, -0.1) is 0 Å². The second-order valence-corrected chi connectivity index (χ2v) is 4.10. The van der Waals surface area contributed by atoms with E-state index >= 15 is 0 Å². The smallest absolute Gasteiger partial charge is 0.242 e. The number of nitriles is 1. The van der Waals surface area contributed by atoms with Gasteiger partial charge in [-0.3, -0.25) is 0 Å². The molecule has 0 unspecified atom stereocenters. The predicted octanol–water partition coefficient (Wildman–Crippen LogP) is 2.94. The van der Waals surface area contributed by atoms with Crippen molar-refractivity contribution in [3.63, 3.8) is 0 Å². The zero-order valence-electron chi connectivity index (χ0n) is 10.3. The number of benzene rings is 1. The second-order valence-electron chi connectivity index (χ2n) is 4.10. The first-order valence-corrected chi connectivity index (χ1v) is 5.51. The van der Waals surface area contributed by atoms with Gasteiger partial charge in [0, 0.05) is 6.20 Å². The van der Waals surface area contributed by atoms with Crippen LogP contribution in [0, 0.1) is 25.2 Å². The molecule has 0 aliphatic carbocycles. The molecule has 0 saturated carbocycles. The summed E-state index contributed by atoms with van der Waals surface area (Å²) in [5.41, 5.74) is 8.74. The van der Waals surface area contributed by atoms with Crippen molar-refractivity contribution < 1.29 is 4.74 Å². The number of rotatable bonds is 2. The Balaban J connectivity index is 2.32. The fraction of sp³-hybridized carbons (Fsp3) is 0.143. The molecule has 0 radical (unpaired) electrons. The molecule has 0 fully saturated rings. The van der Waals surface area contributed by atoms with Crippen LogP contribution in [-0.2, 0) is 0 Å². The topological polar surface area (TPSA) is 71.9 Å². The normalized spacial score (nSPS) is 9.83. The third-order valence-electron chi connectivity index (χ3n) is 2.55. The van der Waals surface area contributed by atoms with Gasteiger partial charge in [0.05, 0.1) is 11.3 Å². The van der Waals surface area contributed by atoms with Gasteiger partial charge in [-0.05, 0) is 31.5 Å². The van der Waals surface area contributed by atoms with Crippen LogP contribution in [0.25, 0.3) is 0 Å². The quantitative estimate of drug-likeness (QED) is 0.874. The van der Waals surface area contributed by atoms with Crippen molar-refractivity contribution in [2.24, 2.45) is 0 Å². The summed E-state index contributed by atoms with van der Waals surface area (Å²) >= 11 is 0. The van der Waals surface area contributed by atoms with E-state index in [1.807, 2.05) is 38.1 Å². The summed E-state index contributed by atoms with van der Waals surface area (Å²) in [6.45, 7) is 3.98. The summed E-state index contributed by atoms with van der Waals surface area (Å²) in [6.07, 6.45) is 1.44. The Kier molecular flexibility index (Phi) is 3.16. The number of nitrogen functional groups attached to an aromatic ring is 1. The summed E-state index contributed by atoms with van der Waals surface area (Å²) in [7, 11) is 0. The van der Waals surface area contributed by atoms with Crippen LogP contribution in [0.2, 0.25) is 0 Å². The Labute approximate surface area is 106 Å². The van der Waals surface area contributed by atoms with E-state index in [2.05, 4.69) is 4.98 Å². The van der Waals surface area contributed by atoms with Crippen LogP contribution in [0.15, 0.2) is 30.5 Å². The van der Waals surface area contributed by atoms with Gasteiger partial charge in [0.25, 0.3) is 0 Å². The van der Waals surface area contributed by atoms with Crippen molar-refractivity contribution >= 4 is 5.69 Å². The molecule has 0 aliphatic rings. The molecule has 2 aromatic rings. The van der Waals surface area contributed by atoms with Crippen LogP contribution in [0.3, 0.4) is 0 Å². The highest BCUT2D eigenvalue weighted by Gasteiger charge is 2.07. The maximum Gasteiger partial charge on any atom is 0.242 e. The van der Waals surface area contributed by atoms with Gasteiger partial charge in [-0.1, -0.05) is 17.7 Å². The number of hydrogen-bond acceptors (Lipinski definition) is 4. The van der Waals surface area contributed by atoms with E-state index in [1.54, 1.807) is 6.07 Å². The maximum atomic E-state index is 8.73. The van der Waals surface area contributed by atoms with E-state index in [1.165, 1.54) is 11.8 Å². The molecule has 0 aliphatic heterocycles. The Morgan fingerprint density at radius 2 is 2.06 bits per heavy atom. The molecule has 0 amide bonds. The van der Waals surface area contributed by atoms with E-state index in [4.69, 9.17) is 15.7 Å². The van der Waals surface area contributed by atoms with Crippen molar-refractivity contribution in [1.82, 2.24) is 4.98 Å². The molecule has 0 spiro atoms. The molecule has 1 aromatic heterocycles. The lowest BCUT2D eigenvalue weighted by molar-refractivity contribution is 0.462. The van der Waals surface area contributed by atoms with Gasteiger partial charge in [0.1, 0.15) is 11.8 Å². The lowest BCUT2D eigenvalue weighted by Gasteiger charge is -2.10. The molecule has 0 atom stereocenters. The fourth-order valence-corrected chi connectivity index (χ4v) is 1.63. The van der Waals surface area contributed by atoms with Crippen LogP contribution in [0.5, 0.6) is 11.6 Å². The maximum absolute atomic E-state index is 8.73. The molecule has 4 heteroatoms. The lowest BCUT2D eigenvalue weighted by atomic mass is 10.1. The molecule has 0 bridgehead atoms. The number of hydrogen-bond donors (Lipinski definition) is 1. The minimum atomic E-state index is 0.320. The van der Waals surface area contributed by atoms with Gasteiger partial charge < -0.3 is 10.5 Å². The van der Waals surface area contributed by atoms with Crippen LogP contribution in [0.1, 0.15) is 16.7 Å². The first kappa shape index (κ1) is 11.9. The Morgan fingerprint density at radius 3 is 2.67 bits per heavy atom. The van der Waals surface area contributed by atoms with Crippen molar-refractivity contribution in [2.45, 2.75) is 13.8 Å². The van der Waals surface area contributed by atoms with Gasteiger partial charge in [-0.2, -0.15) is 5.26 Å². The average molecular weight is 239 g/mol. The number of ether oxygens (including phenoxy) is 1. The summed E-state index contributed by atoms with van der Waals surface area (Å²) in [5.74, 6) is 1.03. The highest BCUT2D eigenvalue weighted by molar-refractivity contribution is 5.53. The molecule has 0 saturated heterocycles. The zero-order valence-corrected chi connectivity index (χ0v) is 10.3. The Hall–Kier alpha value is -2.54. The second kappa shape index (κ2) is 4.76. The van der Waals surface area contributed by atoms with Crippen molar-refractivity contribution in [1.29, 1.82) is 5.26 Å². The van der Waals surface area contributed by atoms with Gasteiger partial charge >= 0.3 is 0 Å². The number of nitrogens with two attached hydrogens (primary N) is 1. The third kappa shape index (κ3) is 2.41. The van der Waals surface area contributed by atoms with E-state index in [-0.39, 0.29) is 0 Å². The molecular formula is C14H13N3O. The molecule has 1 heterocycles. The first-order valence-electron chi connectivity index (χ1n) is 5.51. The number of anilines is 1. The molecule has 90 valence electrons. The molecule has 18 heavy (non-hydrogen) atoms. The van der Waals surface area contributed by atoms with Crippen molar-refractivity contribution in [3.05, 3.63) is 47.2 Å². The molecule has 2 rings (SSSR count). The van der Waals surface area contributed by atoms with Crippen molar-refractivity contribution in [2.75, 3.05) is 5.73 Å². The Morgan fingerprint density at radius 1 is 1.28 bits per heavy atom. The molecule has 4 nitrogen and oxygen atoms in total. The number of aromatic nitrogens is 1. The van der Waals surface area contributed by atoms with Crippen LogP contribution in [-0.4, -0.2) is 4.98 Å². The van der Waals surface area contributed by atoms with Crippen LogP contribution in [0.4, 0.5) is 5.69 Å². The summed E-state index contributed by atoms with van der Waals surface area (Å²) in [6, 6.07) is 9.39. The van der Waals surface area contributed by atoms with E-state index in [9.17, 15) is 0 Å². The highest BCUT2D eigenvalue weighted by atomic mass is 16.5. The zero-order chi connectivity index (χ0) is 13.1. The Bertz CT molecular complexity index is 629. The monoisotopic (exact) mass is 239 g/mol. The largest absolute Gasteiger partial charge is 0.437 e. The standard InChI is InChI=1S/C14H13N3O/c1-9-3-4-13(10(2)5-9)18-14-12(16)6-11(7-15)8-17-14/h3-6,8H,16H2,1-2H3. The number of nitrogens with zero attached hydrogens (tertiary/aromatic N) is 2. The highest BCUT2D eigenvalue weighted by Crippen LogP contribution is 2.28. The molecular weight excluding hydrogens is 226 g/mol. The van der Waals surface area contributed by atoms with Gasteiger partial charge in [0.15, 0.2) is 0 Å². The molecule has 2 N–H and O–H groups in total. The minimum absolute atomic E-state index is 0.320. The van der Waals surface area contributed by atoms with Gasteiger partial charge in [0.2, 0.25) is 5.88 Å². The summed E-state index contributed by atoms with van der Waals surface area (Å²) in [5, 5.41) is 8.73. The summed E-state index contributed by atoms with van der Waals surface area (Å²) < 4.78 is 5.65. The first-order chi connectivity index (χ1) is 8.60. The third-order valence-corrected chi connectivity index (χ3v) is 2.55. The van der Waals surface area contributed by atoms with E-state index in [0.717, 1.165) is 5.56 Å². The lowest BCUT2D eigenvalue weighted by Crippen LogP contribution is -1.97. The fourth-order valence-electron chi connectivity index (χ4n) is 1.63. The number of aryl methyl sites for hydroxylation is 2. The van der Waals surface area contributed by atoms with E-state index in [0.29, 0.717) is 22.9 Å². The van der Waals surface area contributed by atoms with Crippen LogP contribution < -0.4 is 10.5 Å². The number of pyridine rings is 1.